The number of hydrogen-bond donors (Lipinski definition) is 3. The van der Waals surface area contributed by atoms with Crippen molar-refractivity contribution in [3.8, 4) is 0 Å². The molecule has 0 aromatic rings. The van der Waals surface area contributed by atoms with Gasteiger partial charge in [-0.15, -0.1) is 0 Å². The topological polar surface area (TPSA) is 237 Å². The monoisotopic (exact) mass is 1540 g/mol. The Balaban J connectivity index is 5.25. The first-order chi connectivity index (χ1) is 50.7. The van der Waals surface area contributed by atoms with Gasteiger partial charge in [0.15, 0.2) is 12.2 Å². The summed E-state index contributed by atoms with van der Waals surface area (Å²) in [6.45, 7) is 12.0. The number of phosphoric ester groups is 2. The number of carbonyl (C=O) groups is 4. The zero-order chi connectivity index (χ0) is 77.2. The standard InChI is InChI=1S/C86H168O17P2/c1-8-9-10-11-12-13-14-15-16-17-18-19-20-21-24-28-33-40-48-55-62-69-85(90)102-81(73-96-83(88)67-60-53-46-39-32-27-25-22-23-26-30-36-43-50-57-64-77(2)3)75-100-104(92,93)98-71-80(87)72-99-105(94,95)101-76-82(74-97-84(89)68-61-54-47-42-35-38-45-52-59-66-79(6)7)103-86(91)70-63-56-49-41-34-29-31-37-44-51-58-65-78(4)5/h77-82,87H,8-76H2,1-7H3,(H,92,93)(H,94,95)/t80-,81-,82-/m1/s1. The van der Waals surface area contributed by atoms with Crippen LogP contribution in [0.1, 0.15) is 453 Å². The molecular weight excluding hydrogens is 1370 g/mol. The SMILES string of the molecule is CCCCCCCCCCCCCCCCCCCCCCCC(=O)O[C@H](COC(=O)CCCCCCCCCCCCCCCCCC(C)C)COP(=O)(O)OC[C@@H](O)COP(=O)(O)OC[C@@H](COC(=O)CCCCCCCCCCCC(C)C)OC(=O)CCCCCCCCCCCCCC(C)C. The van der Waals surface area contributed by atoms with E-state index < -0.39 is 97.5 Å². The number of hydrogen-bond acceptors (Lipinski definition) is 15. The molecule has 0 aromatic heterocycles. The van der Waals surface area contributed by atoms with Crippen molar-refractivity contribution in [2.45, 2.75) is 471 Å². The van der Waals surface area contributed by atoms with E-state index in [1.807, 2.05) is 0 Å². The summed E-state index contributed by atoms with van der Waals surface area (Å²) < 4.78 is 68.9. The van der Waals surface area contributed by atoms with Gasteiger partial charge in [0.2, 0.25) is 0 Å². The van der Waals surface area contributed by atoms with Gasteiger partial charge in [0.1, 0.15) is 19.3 Å². The Morgan fingerprint density at radius 1 is 0.257 bits per heavy atom. The van der Waals surface area contributed by atoms with E-state index in [1.165, 1.54) is 263 Å². The van der Waals surface area contributed by atoms with Crippen LogP contribution in [-0.2, 0) is 65.4 Å². The van der Waals surface area contributed by atoms with E-state index in [1.54, 1.807) is 0 Å². The molecule has 0 amide bonds. The highest BCUT2D eigenvalue weighted by Gasteiger charge is 2.30. The largest absolute Gasteiger partial charge is 0.472 e. The van der Waals surface area contributed by atoms with Crippen molar-refractivity contribution in [2.24, 2.45) is 17.8 Å². The molecule has 0 spiro atoms. The van der Waals surface area contributed by atoms with Gasteiger partial charge in [-0.1, -0.05) is 402 Å². The molecule has 3 N–H and O–H groups in total. The van der Waals surface area contributed by atoms with E-state index >= 15 is 0 Å². The maximum absolute atomic E-state index is 13.2. The Morgan fingerprint density at radius 3 is 0.648 bits per heavy atom. The zero-order valence-electron chi connectivity index (χ0n) is 69.2. The van der Waals surface area contributed by atoms with Gasteiger partial charge in [0.25, 0.3) is 0 Å². The average molecular weight is 1540 g/mol. The maximum atomic E-state index is 13.2. The van der Waals surface area contributed by atoms with Gasteiger partial charge < -0.3 is 33.8 Å². The van der Waals surface area contributed by atoms with E-state index in [2.05, 4.69) is 48.5 Å². The van der Waals surface area contributed by atoms with E-state index in [-0.39, 0.29) is 25.7 Å². The molecule has 0 fully saturated rings. The van der Waals surface area contributed by atoms with Gasteiger partial charge in [-0.25, -0.2) is 9.13 Å². The van der Waals surface area contributed by atoms with Crippen molar-refractivity contribution >= 4 is 39.5 Å². The minimum atomic E-state index is -4.97. The third-order valence-corrected chi connectivity index (χ3v) is 22.0. The van der Waals surface area contributed by atoms with Crippen LogP contribution in [0.25, 0.3) is 0 Å². The Kier molecular flexibility index (Phi) is 74.7. The Bertz CT molecular complexity index is 2030. The highest BCUT2D eigenvalue weighted by Crippen LogP contribution is 2.45. The minimum absolute atomic E-state index is 0.106. The summed E-state index contributed by atoms with van der Waals surface area (Å²) in [4.78, 5) is 73.2. The molecule has 0 saturated heterocycles. The first-order valence-electron chi connectivity index (χ1n) is 44.3. The van der Waals surface area contributed by atoms with Crippen molar-refractivity contribution in [2.75, 3.05) is 39.6 Å². The molecule has 0 rings (SSSR count). The first kappa shape index (κ1) is 103. The normalized spacial score (nSPS) is 13.9. The van der Waals surface area contributed by atoms with Gasteiger partial charge in [0, 0.05) is 25.7 Å². The van der Waals surface area contributed by atoms with Crippen LogP contribution in [0, 0.1) is 17.8 Å². The fourth-order valence-corrected chi connectivity index (χ4v) is 14.9. The van der Waals surface area contributed by atoms with E-state index in [0.717, 1.165) is 108 Å². The number of aliphatic hydroxyl groups excluding tert-OH is 1. The van der Waals surface area contributed by atoms with E-state index in [9.17, 15) is 43.2 Å². The number of aliphatic hydroxyl groups is 1. The van der Waals surface area contributed by atoms with Crippen LogP contribution in [0.15, 0.2) is 0 Å². The number of ether oxygens (including phenoxy) is 4. The molecule has 0 saturated carbocycles. The molecule has 2 unspecified atom stereocenters. The minimum Gasteiger partial charge on any atom is -0.462 e. The summed E-state index contributed by atoms with van der Waals surface area (Å²) >= 11 is 0. The second kappa shape index (κ2) is 76.1. The van der Waals surface area contributed by atoms with Gasteiger partial charge in [0.05, 0.1) is 26.4 Å². The van der Waals surface area contributed by atoms with Crippen molar-refractivity contribution in [3.63, 3.8) is 0 Å². The van der Waals surface area contributed by atoms with Gasteiger partial charge in [-0.3, -0.25) is 37.3 Å². The summed E-state index contributed by atoms with van der Waals surface area (Å²) in [5.41, 5.74) is 0. The second-order valence-corrected chi connectivity index (χ2v) is 35.3. The van der Waals surface area contributed by atoms with Crippen molar-refractivity contribution in [1.82, 2.24) is 0 Å². The van der Waals surface area contributed by atoms with Gasteiger partial charge >= 0.3 is 39.5 Å². The van der Waals surface area contributed by atoms with Crippen LogP contribution in [0.2, 0.25) is 0 Å². The molecule has 0 aromatic carbocycles. The molecule has 624 valence electrons. The highest BCUT2D eigenvalue weighted by molar-refractivity contribution is 7.47. The number of carbonyl (C=O) groups excluding carboxylic acids is 4. The zero-order valence-corrected chi connectivity index (χ0v) is 71.0. The molecule has 105 heavy (non-hydrogen) atoms. The first-order valence-corrected chi connectivity index (χ1v) is 47.3. The molecule has 0 bridgehead atoms. The highest BCUT2D eigenvalue weighted by atomic mass is 31.2. The smallest absolute Gasteiger partial charge is 0.462 e. The quantitative estimate of drug-likeness (QED) is 0.0222. The van der Waals surface area contributed by atoms with Crippen LogP contribution in [-0.4, -0.2) is 96.7 Å². The number of unbranched alkanes of at least 4 members (excludes halogenated alkanes) is 52. The van der Waals surface area contributed by atoms with Crippen LogP contribution >= 0.6 is 15.6 Å². The Morgan fingerprint density at radius 2 is 0.438 bits per heavy atom. The summed E-state index contributed by atoms with van der Waals surface area (Å²) in [5.74, 6) is 0.210. The molecular formula is C86H168O17P2. The molecule has 0 aliphatic carbocycles. The lowest BCUT2D eigenvalue weighted by Crippen LogP contribution is -2.30. The summed E-state index contributed by atoms with van der Waals surface area (Å²) in [7, 11) is -9.93. The Labute approximate surface area is 645 Å². The van der Waals surface area contributed by atoms with Crippen molar-refractivity contribution < 1.29 is 80.2 Å². The molecule has 0 aliphatic rings. The number of rotatable bonds is 84. The average Bonchev–Trinajstić information content (AvgIpc) is 0.977. The van der Waals surface area contributed by atoms with E-state index in [0.29, 0.717) is 25.7 Å². The van der Waals surface area contributed by atoms with Crippen LogP contribution < -0.4 is 0 Å². The lowest BCUT2D eigenvalue weighted by Gasteiger charge is -2.21. The lowest BCUT2D eigenvalue weighted by molar-refractivity contribution is -0.161. The van der Waals surface area contributed by atoms with Crippen molar-refractivity contribution in [3.05, 3.63) is 0 Å². The molecule has 0 aliphatic heterocycles. The molecule has 19 heteroatoms. The third-order valence-electron chi connectivity index (χ3n) is 20.1. The van der Waals surface area contributed by atoms with E-state index in [4.69, 9.17) is 37.0 Å². The molecule has 17 nitrogen and oxygen atoms in total. The predicted molar refractivity (Wildman–Crippen MR) is 432 cm³/mol. The summed E-state index contributed by atoms with van der Waals surface area (Å²) in [6, 6.07) is 0. The van der Waals surface area contributed by atoms with Gasteiger partial charge in [-0.05, 0) is 43.4 Å². The second-order valence-electron chi connectivity index (χ2n) is 32.4. The fraction of sp³-hybridized carbons (Fsp3) is 0.953. The summed E-state index contributed by atoms with van der Waals surface area (Å²) in [6.07, 6.45) is 66.7. The third kappa shape index (κ3) is 79.9. The summed E-state index contributed by atoms with van der Waals surface area (Å²) in [5, 5.41) is 10.7. The molecule has 0 radical (unpaired) electrons. The van der Waals surface area contributed by atoms with Crippen LogP contribution in [0.4, 0.5) is 0 Å². The maximum Gasteiger partial charge on any atom is 0.472 e. The van der Waals surface area contributed by atoms with Crippen LogP contribution in [0.3, 0.4) is 0 Å². The molecule has 0 heterocycles. The Hall–Kier alpha value is -1.94. The number of phosphoric acid groups is 2. The number of esters is 4. The van der Waals surface area contributed by atoms with Gasteiger partial charge in [-0.2, -0.15) is 0 Å². The van der Waals surface area contributed by atoms with Crippen LogP contribution in [0.5, 0.6) is 0 Å². The predicted octanol–water partition coefficient (Wildman–Crippen LogP) is 26.1. The fourth-order valence-electron chi connectivity index (χ4n) is 13.4. The lowest BCUT2D eigenvalue weighted by atomic mass is 10.0. The van der Waals surface area contributed by atoms with Crippen molar-refractivity contribution in [1.29, 1.82) is 0 Å². The molecule has 5 atom stereocenters.